The van der Waals surface area contributed by atoms with Crippen LogP contribution < -0.4 is 21.1 Å². The van der Waals surface area contributed by atoms with Crippen molar-refractivity contribution in [2.75, 3.05) is 18.6 Å². The van der Waals surface area contributed by atoms with Gasteiger partial charge in [-0.25, -0.2) is 9.59 Å². The molecule has 2 heterocycles. The third kappa shape index (κ3) is 2.20. The third-order valence-corrected chi connectivity index (χ3v) is 3.97. The van der Waals surface area contributed by atoms with E-state index in [0.717, 1.165) is 0 Å². The summed E-state index contributed by atoms with van der Waals surface area (Å²) in [6.45, 7) is -0.147. The summed E-state index contributed by atoms with van der Waals surface area (Å²) in [6, 6.07) is 3.37. The number of amides is 2. The molecule has 0 saturated carbocycles. The zero-order valence-corrected chi connectivity index (χ0v) is 12.9. The molecule has 0 spiro atoms. The minimum absolute atomic E-state index is 0.147. The van der Waals surface area contributed by atoms with E-state index >= 15 is 0 Å². The lowest BCUT2D eigenvalue weighted by atomic mass is 10.2. The van der Waals surface area contributed by atoms with Crippen molar-refractivity contribution < 1.29 is 19.1 Å². The van der Waals surface area contributed by atoms with Crippen LogP contribution in [0.25, 0.3) is 11.0 Å². The first-order chi connectivity index (χ1) is 10.8. The maximum atomic E-state index is 12.4. The molecule has 3 rings (SSSR count). The SMILES string of the molecule is CN1C(=O)[C@@H](OC(N)=O)COc2cc3c(cc21)n(C)c(=O)n3C. The molecule has 1 atom stereocenters. The van der Waals surface area contributed by atoms with E-state index in [1.54, 1.807) is 33.3 Å². The van der Waals surface area contributed by atoms with Crippen LogP contribution in [0.5, 0.6) is 5.75 Å². The van der Waals surface area contributed by atoms with Crippen LogP contribution in [0.2, 0.25) is 0 Å². The minimum atomic E-state index is -1.11. The number of imidazole rings is 1. The number of likely N-dealkylation sites (N-methyl/N-ethyl adjacent to an activating group) is 1. The molecule has 1 aromatic carbocycles. The molecule has 0 saturated heterocycles. The molecule has 23 heavy (non-hydrogen) atoms. The summed E-state index contributed by atoms with van der Waals surface area (Å²) in [6.07, 6.45) is -2.16. The highest BCUT2D eigenvalue weighted by Gasteiger charge is 2.32. The number of aromatic nitrogens is 2. The van der Waals surface area contributed by atoms with E-state index in [2.05, 4.69) is 0 Å². The summed E-state index contributed by atoms with van der Waals surface area (Å²) in [4.78, 5) is 36.6. The average molecular weight is 320 g/mol. The molecule has 0 aliphatic carbocycles. The number of carbonyl (C=O) groups excluding carboxylic acids is 2. The number of anilines is 1. The second kappa shape index (κ2) is 5.04. The van der Waals surface area contributed by atoms with Crippen LogP contribution in [0, 0.1) is 0 Å². The van der Waals surface area contributed by atoms with E-state index in [-0.39, 0.29) is 12.3 Å². The largest absolute Gasteiger partial charge is 0.487 e. The molecule has 1 aromatic heterocycles. The standard InChI is InChI=1S/C14H16N4O5/c1-16-9-4-7-8(18(3)14(21)17(7)2)5-10(9)22-6-11(12(16)19)23-13(15)20/h4-5,11H,6H2,1-3H3,(H2,15,20)/t11-/m0/s1. The Morgan fingerprint density at radius 3 is 2.43 bits per heavy atom. The highest BCUT2D eigenvalue weighted by atomic mass is 16.6. The predicted molar refractivity (Wildman–Crippen MR) is 81.5 cm³/mol. The van der Waals surface area contributed by atoms with Crippen molar-refractivity contribution in [3.8, 4) is 5.75 Å². The van der Waals surface area contributed by atoms with Gasteiger partial charge in [0.1, 0.15) is 12.4 Å². The normalized spacial score (nSPS) is 17.6. The van der Waals surface area contributed by atoms with E-state index in [1.165, 1.54) is 14.0 Å². The van der Waals surface area contributed by atoms with Gasteiger partial charge in [-0.2, -0.15) is 0 Å². The number of nitrogens with zero attached hydrogens (tertiary/aromatic N) is 3. The summed E-state index contributed by atoms with van der Waals surface area (Å²) in [5, 5.41) is 0. The van der Waals surface area contributed by atoms with Crippen molar-refractivity contribution in [2.45, 2.75) is 6.10 Å². The maximum absolute atomic E-state index is 12.4. The smallest absolute Gasteiger partial charge is 0.405 e. The van der Waals surface area contributed by atoms with Gasteiger partial charge in [0.15, 0.2) is 0 Å². The number of ether oxygens (including phenoxy) is 2. The van der Waals surface area contributed by atoms with Crippen LogP contribution in [0.4, 0.5) is 10.5 Å². The minimum Gasteiger partial charge on any atom is -0.487 e. The molecule has 2 N–H and O–H groups in total. The summed E-state index contributed by atoms with van der Waals surface area (Å²) in [5.74, 6) is -0.0343. The van der Waals surface area contributed by atoms with Crippen LogP contribution >= 0.6 is 0 Å². The average Bonchev–Trinajstić information content (AvgIpc) is 2.65. The molecule has 2 aromatic rings. The van der Waals surface area contributed by atoms with Gasteiger partial charge in [0.05, 0.1) is 16.7 Å². The monoisotopic (exact) mass is 320 g/mol. The van der Waals surface area contributed by atoms with Crippen LogP contribution in [0.15, 0.2) is 16.9 Å². The van der Waals surface area contributed by atoms with Crippen molar-refractivity contribution in [2.24, 2.45) is 19.8 Å². The third-order valence-electron chi connectivity index (χ3n) is 3.97. The molecule has 122 valence electrons. The van der Waals surface area contributed by atoms with Gasteiger partial charge in [0.25, 0.3) is 5.91 Å². The van der Waals surface area contributed by atoms with E-state index in [9.17, 15) is 14.4 Å². The number of carbonyl (C=O) groups is 2. The zero-order chi connectivity index (χ0) is 16.9. The predicted octanol–water partition coefficient (Wildman–Crippen LogP) is -0.304. The summed E-state index contributed by atoms with van der Waals surface area (Å²) in [7, 11) is 4.84. The van der Waals surface area contributed by atoms with Gasteiger partial charge >= 0.3 is 11.8 Å². The lowest BCUT2D eigenvalue weighted by Crippen LogP contribution is -2.41. The molecule has 0 fully saturated rings. The molecule has 2 amide bonds. The summed E-state index contributed by atoms with van der Waals surface area (Å²) in [5.41, 5.74) is 6.62. The molecule has 1 aliphatic rings. The Bertz CT molecular complexity index is 881. The van der Waals surface area contributed by atoms with Gasteiger partial charge in [-0.05, 0) is 6.07 Å². The van der Waals surface area contributed by atoms with Crippen molar-refractivity contribution >= 4 is 28.7 Å². The zero-order valence-electron chi connectivity index (χ0n) is 12.9. The second-order valence-corrected chi connectivity index (χ2v) is 5.34. The number of benzene rings is 1. The van der Waals surface area contributed by atoms with E-state index in [1.807, 2.05) is 0 Å². The van der Waals surface area contributed by atoms with E-state index < -0.39 is 18.1 Å². The molecular weight excluding hydrogens is 304 g/mol. The summed E-state index contributed by atoms with van der Waals surface area (Å²) < 4.78 is 13.4. The summed E-state index contributed by atoms with van der Waals surface area (Å²) >= 11 is 0. The first-order valence-electron chi connectivity index (χ1n) is 6.87. The fourth-order valence-corrected chi connectivity index (χ4v) is 2.69. The first kappa shape index (κ1) is 14.9. The number of primary amides is 1. The number of fused-ring (bicyclic) bond motifs is 2. The Balaban J connectivity index is 2.14. The van der Waals surface area contributed by atoms with Gasteiger partial charge in [0, 0.05) is 27.2 Å². The second-order valence-electron chi connectivity index (χ2n) is 5.34. The quantitative estimate of drug-likeness (QED) is 0.775. The van der Waals surface area contributed by atoms with E-state index in [4.69, 9.17) is 15.2 Å². The van der Waals surface area contributed by atoms with Gasteiger partial charge in [0.2, 0.25) is 6.10 Å². The Kier molecular flexibility index (Phi) is 3.28. The molecule has 9 nitrogen and oxygen atoms in total. The van der Waals surface area contributed by atoms with Crippen LogP contribution in [0.3, 0.4) is 0 Å². The van der Waals surface area contributed by atoms with E-state index in [0.29, 0.717) is 22.5 Å². The number of hydrogen-bond donors (Lipinski definition) is 1. The van der Waals surface area contributed by atoms with Gasteiger partial charge in [-0.15, -0.1) is 0 Å². The number of nitrogens with two attached hydrogens (primary N) is 1. The Labute approximate surface area is 130 Å². The van der Waals surface area contributed by atoms with Crippen molar-refractivity contribution in [3.63, 3.8) is 0 Å². The Morgan fingerprint density at radius 2 is 1.83 bits per heavy atom. The lowest BCUT2D eigenvalue weighted by Gasteiger charge is -2.19. The maximum Gasteiger partial charge on any atom is 0.405 e. The molecule has 0 unspecified atom stereocenters. The van der Waals surface area contributed by atoms with Crippen molar-refractivity contribution in [3.05, 3.63) is 22.6 Å². The first-order valence-corrected chi connectivity index (χ1v) is 6.87. The van der Waals surface area contributed by atoms with Gasteiger partial charge in [-0.1, -0.05) is 0 Å². The Hall–Kier alpha value is -2.97. The number of hydrogen-bond acceptors (Lipinski definition) is 5. The fraction of sp³-hybridized carbons (Fsp3) is 0.357. The molecule has 0 radical (unpaired) electrons. The number of rotatable bonds is 1. The van der Waals surface area contributed by atoms with Crippen molar-refractivity contribution in [1.29, 1.82) is 0 Å². The Morgan fingerprint density at radius 1 is 1.22 bits per heavy atom. The highest BCUT2D eigenvalue weighted by molar-refractivity contribution is 6.01. The fourth-order valence-electron chi connectivity index (χ4n) is 2.69. The van der Waals surface area contributed by atoms with Crippen LogP contribution in [-0.4, -0.2) is 40.9 Å². The van der Waals surface area contributed by atoms with Crippen molar-refractivity contribution in [1.82, 2.24) is 9.13 Å². The van der Waals surface area contributed by atoms with Gasteiger partial charge < -0.3 is 20.1 Å². The van der Waals surface area contributed by atoms with Crippen LogP contribution in [-0.2, 0) is 23.6 Å². The lowest BCUT2D eigenvalue weighted by molar-refractivity contribution is -0.127. The molecule has 9 heteroatoms. The number of aryl methyl sites for hydroxylation is 2. The molecule has 1 aliphatic heterocycles. The van der Waals surface area contributed by atoms with Gasteiger partial charge in [-0.3, -0.25) is 13.9 Å². The molecule has 0 bridgehead atoms. The topological polar surface area (TPSA) is 109 Å². The highest BCUT2D eigenvalue weighted by Crippen LogP contribution is 2.34. The van der Waals surface area contributed by atoms with Crippen LogP contribution in [0.1, 0.15) is 0 Å². The molecular formula is C14H16N4O5.